The molecule has 3 aromatic rings. The van der Waals surface area contributed by atoms with Gasteiger partial charge in [-0.15, -0.1) is 0 Å². The minimum atomic E-state index is -0.854. The maximum absolute atomic E-state index is 14.6. The van der Waals surface area contributed by atoms with Crippen LogP contribution in [0.1, 0.15) is 22.2 Å². The van der Waals surface area contributed by atoms with Crippen LogP contribution in [0.5, 0.6) is 0 Å². The van der Waals surface area contributed by atoms with Crippen LogP contribution in [0.3, 0.4) is 0 Å². The second-order valence-corrected chi connectivity index (χ2v) is 7.81. The first-order valence-corrected chi connectivity index (χ1v) is 9.54. The van der Waals surface area contributed by atoms with E-state index in [4.69, 9.17) is 0 Å². The molecule has 0 bridgehead atoms. The first kappa shape index (κ1) is 18.8. The summed E-state index contributed by atoms with van der Waals surface area (Å²) in [4.78, 5) is 10.9. The molecule has 4 rings (SSSR count). The molecule has 3 N–H and O–H groups in total. The minimum absolute atomic E-state index is 0. The number of piperazine rings is 1. The molecule has 1 fully saturated rings. The number of fused-ring (bicyclic) bond motifs is 1. The molecular formula is C20H27FN6O. The number of H-pyrrole nitrogens is 1. The Hall–Kier alpha value is -2.58. The monoisotopic (exact) mass is 386 g/mol. The molecule has 0 aromatic carbocycles. The first-order chi connectivity index (χ1) is 13.4. The number of nitrogens with zero attached hydrogens (tertiary/aromatic N) is 4. The van der Waals surface area contributed by atoms with Crippen LogP contribution in [0.2, 0.25) is 0 Å². The summed E-state index contributed by atoms with van der Waals surface area (Å²) in [6.45, 7) is 7.91. The summed E-state index contributed by atoms with van der Waals surface area (Å²) < 4.78 is 14.6. The van der Waals surface area contributed by atoms with E-state index >= 15 is 0 Å². The average Bonchev–Trinajstić information content (AvgIpc) is 3.12. The molecule has 0 aliphatic carbocycles. The van der Waals surface area contributed by atoms with E-state index in [1.165, 1.54) is 6.07 Å². The normalized spacial score (nSPS) is 19.9. The van der Waals surface area contributed by atoms with Gasteiger partial charge in [-0.05, 0) is 37.1 Å². The van der Waals surface area contributed by atoms with E-state index in [9.17, 15) is 9.50 Å². The van der Waals surface area contributed by atoms with Crippen molar-refractivity contribution in [1.29, 1.82) is 0 Å². The van der Waals surface area contributed by atoms with Crippen molar-refractivity contribution in [2.75, 3.05) is 24.5 Å². The fourth-order valence-electron chi connectivity index (χ4n) is 3.57. The van der Waals surface area contributed by atoms with E-state index < -0.39 is 11.4 Å². The summed E-state index contributed by atoms with van der Waals surface area (Å²) >= 11 is 0. The molecule has 0 radical (unpaired) electrons. The van der Waals surface area contributed by atoms with Crippen molar-refractivity contribution in [3.05, 3.63) is 36.3 Å². The Balaban J connectivity index is 0.00000240. The predicted molar refractivity (Wildman–Crippen MR) is 109 cm³/mol. The van der Waals surface area contributed by atoms with Gasteiger partial charge in [0.1, 0.15) is 11.5 Å². The summed E-state index contributed by atoms with van der Waals surface area (Å²) in [5, 5.41) is 22.0. The fraction of sp³-hybridized carbons (Fsp3) is 0.450. The summed E-state index contributed by atoms with van der Waals surface area (Å²) in [5.41, 5.74) is 0.411. The Morgan fingerprint density at radius 2 is 2.18 bits per heavy atom. The van der Waals surface area contributed by atoms with E-state index in [-0.39, 0.29) is 19.1 Å². The molecule has 4 heterocycles. The van der Waals surface area contributed by atoms with Gasteiger partial charge in [-0.1, -0.05) is 13.8 Å². The Morgan fingerprint density at radius 1 is 1.36 bits per heavy atom. The zero-order valence-corrected chi connectivity index (χ0v) is 16.3. The van der Waals surface area contributed by atoms with Crippen molar-refractivity contribution in [2.45, 2.75) is 32.4 Å². The number of aromatic nitrogens is 4. The highest BCUT2D eigenvalue weighted by atomic mass is 19.1. The standard InChI is InChI=1S/C20H25FN6O.H2/c1-12(2)20(3,28)15-11-27(10-9-22-15)16-7-6-14(21)18(24-16)17-13-5-4-8-23-19(13)26-25-17;/h4-8,12,15,22,28H,9-11H2,1-3H3,(H,23,25,26);1H. The van der Waals surface area contributed by atoms with Crippen LogP contribution in [-0.2, 0) is 0 Å². The number of hydrogen-bond acceptors (Lipinski definition) is 6. The molecular weight excluding hydrogens is 359 g/mol. The minimum Gasteiger partial charge on any atom is -0.388 e. The summed E-state index contributed by atoms with van der Waals surface area (Å²) in [6, 6.07) is 6.64. The third-order valence-electron chi connectivity index (χ3n) is 5.77. The highest BCUT2D eigenvalue weighted by Gasteiger charge is 2.38. The lowest BCUT2D eigenvalue weighted by molar-refractivity contribution is -0.0231. The zero-order valence-electron chi connectivity index (χ0n) is 16.3. The Labute approximate surface area is 164 Å². The molecule has 1 aliphatic heterocycles. The van der Waals surface area contributed by atoms with Crippen molar-refractivity contribution < 1.29 is 10.9 Å². The molecule has 2 unspecified atom stereocenters. The van der Waals surface area contributed by atoms with Gasteiger partial charge >= 0.3 is 0 Å². The van der Waals surface area contributed by atoms with Gasteiger partial charge in [-0.25, -0.2) is 14.4 Å². The van der Waals surface area contributed by atoms with Gasteiger partial charge in [-0.2, -0.15) is 5.10 Å². The zero-order chi connectivity index (χ0) is 19.9. The van der Waals surface area contributed by atoms with Crippen molar-refractivity contribution in [3.63, 3.8) is 0 Å². The molecule has 3 aromatic heterocycles. The lowest BCUT2D eigenvalue weighted by Crippen LogP contribution is -2.62. The highest BCUT2D eigenvalue weighted by molar-refractivity contribution is 5.89. The SMILES string of the molecule is CC(C)C(C)(O)C1CN(c2ccc(F)c(-c3[nH]nc4ncccc34)n2)CCN1.[HH]. The topological polar surface area (TPSA) is 90.0 Å². The van der Waals surface area contributed by atoms with Gasteiger partial charge in [0.05, 0.1) is 17.3 Å². The maximum atomic E-state index is 14.6. The summed E-state index contributed by atoms with van der Waals surface area (Å²) in [6.07, 6.45) is 1.65. The maximum Gasteiger partial charge on any atom is 0.181 e. The van der Waals surface area contributed by atoms with Crippen LogP contribution in [0.15, 0.2) is 30.5 Å². The second kappa shape index (κ2) is 7.10. The summed E-state index contributed by atoms with van der Waals surface area (Å²) in [5.74, 6) is 0.360. The van der Waals surface area contributed by atoms with Crippen molar-refractivity contribution >= 4 is 16.9 Å². The quantitative estimate of drug-likeness (QED) is 0.639. The number of aromatic amines is 1. The molecule has 7 nitrogen and oxygen atoms in total. The molecule has 0 amide bonds. The van der Waals surface area contributed by atoms with Gasteiger partial charge in [0, 0.05) is 32.6 Å². The van der Waals surface area contributed by atoms with E-state index in [1.54, 1.807) is 18.3 Å². The van der Waals surface area contributed by atoms with Gasteiger partial charge < -0.3 is 15.3 Å². The number of hydrogen-bond donors (Lipinski definition) is 3. The lowest BCUT2D eigenvalue weighted by Gasteiger charge is -2.43. The van der Waals surface area contributed by atoms with Gasteiger partial charge in [0.2, 0.25) is 0 Å². The van der Waals surface area contributed by atoms with Gasteiger partial charge in [0.15, 0.2) is 11.5 Å². The Kier molecular flexibility index (Phi) is 4.76. The number of aliphatic hydroxyl groups is 1. The smallest absolute Gasteiger partial charge is 0.181 e. The van der Waals surface area contributed by atoms with E-state index in [0.717, 1.165) is 18.5 Å². The molecule has 0 spiro atoms. The van der Waals surface area contributed by atoms with Gasteiger partial charge in [-0.3, -0.25) is 5.10 Å². The molecule has 1 saturated heterocycles. The van der Waals surface area contributed by atoms with E-state index in [1.807, 2.05) is 26.8 Å². The molecule has 28 heavy (non-hydrogen) atoms. The van der Waals surface area contributed by atoms with Crippen LogP contribution in [-0.4, -0.2) is 56.5 Å². The molecule has 1 aliphatic rings. The van der Waals surface area contributed by atoms with Crippen molar-refractivity contribution in [3.8, 4) is 11.4 Å². The number of halogens is 1. The number of rotatable bonds is 4. The van der Waals surface area contributed by atoms with Crippen LogP contribution in [0.25, 0.3) is 22.4 Å². The summed E-state index contributed by atoms with van der Waals surface area (Å²) in [7, 11) is 0. The second-order valence-electron chi connectivity index (χ2n) is 7.81. The van der Waals surface area contributed by atoms with Crippen LogP contribution in [0, 0.1) is 11.7 Å². The lowest BCUT2D eigenvalue weighted by atomic mass is 9.84. The molecule has 8 heteroatoms. The van der Waals surface area contributed by atoms with Crippen molar-refractivity contribution in [2.24, 2.45) is 5.92 Å². The predicted octanol–water partition coefficient (Wildman–Crippen LogP) is 2.59. The number of pyridine rings is 2. The van der Waals surface area contributed by atoms with Crippen molar-refractivity contribution in [1.82, 2.24) is 25.5 Å². The Morgan fingerprint density at radius 3 is 2.96 bits per heavy atom. The molecule has 150 valence electrons. The van der Waals surface area contributed by atoms with Gasteiger partial charge in [0.25, 0.3) is 0 Å². The third-order valence-corrected chi connectivity index (χ3v) is 5.77. The fourth-order valence-corrected chi connectivity index (χ4v) is 3.57. The highest BCUT2D eigenvalue weighted by Crippen LogP contribution is 2.29. The largest absolute Gasteiger partial charge is 0.388 e. The van der Waals surface area contributed by atoms with Crippen LogP contribution >= 0.6 is 0 Å². The Bertz CT molecular complexity index is 992. The molecule has 2 atom stereocenters. The van der Waals surface area contributed by atoms with Crippen LogP contribution < -0.4 is 10.2 Å². The third kappa shape index (κ3) is 3.22. The van der Waals surface area contributed by atoms with Crippen LogP contribution in [0.4, 0.5) is 10.2 Å². The first-order valence-electron chi connectivity index (χ1n) is 9.54. The average molecular weight is 386 g/mol. The molecule has 0 saturated carbocycles. The van der Waals surface area contributed by atoms with E-state index in [0.29, 0.717) is 23.7 Å². The van der Waals surface area contributed by atoms with E-state index in [2.05, 4.69) is 30.4 Å². The number of anilines is 1. The number of nitrogens with one attached hydrogen (secondary N) is 2.